The van der Waals surface area contributed by atoms with Crippen LogP contribution in [0.1, 0.15) is 19.4 Å². The first-order valence-corrected chi connectivity index (χ1v) is 11.0. The van der Waals surface area contributed by atoms with Crippen LogP contribution in [0.15, 0.2) is 44.0 Å². The van der Waals surface area contributed by atoms with Gasteiger partial charge in [-0.25, -0.2) is 5.01 Å². The minimum absolute atomic E-state index is 0.0848. The van der Waals surface area contributed by atoms with Gasteiger partial charge in [-0.3, -0.25) is 0 Å². The molecule has 29 heavy (non-hydrogen) atoms. The van der Waals surface area contributed by atoms with Gasteiger partial charge in [-0.05, 0) is 12.1 Å². The molecule has 0 unspecified atom stereocenters. The van der Waals surface area contributed by atoms with Crippen molar-refractivity contribution in [2.24, 2.45) is 13.7 Å². The summed E-state index contributed by atoms with van der Waals surface area (Å²) in [5, 5.41) is 6.29. The Bertz CT molecular complexity index is 988. The molecule has 0 amide bonds. The highest BCUT2D eigenvalue weighted by molar-refractivity contribution is 14.2. The number of hydrogen-bond donors (Lipinski definition) is 0. The van der Waals surface area contributed by atoms with E-state index in [0.717, 1.165) is 10.2 Å². The van der Waals surface area contributed by atoms with Crippen molar-refractivity contribution < 1.29 is 22.6 Å². The number of amidine groups is 1. The lowest BCUT2D eigenvalue weighted by molar-refractivity contribution is -0.274. The third-order valence-electron chi connectivity index (χ3n) is 4.35. The number of benzene rings is 1. The number of fused-ring (bicyclic) bond motifs is 2. The molecule has 1 aromatic carbocycles. The van der Waals surface area contributed by atoms with Gasteiger partial charge in [0.05, 0.1) is 27.6 Å². The van der Waals surface area contributed by atoms with E-state index in [9.17, 15) is 13.2 Å². The molecule has 156 valence electrons. The summed E-state index contributed by atoms with van der Waals surface area (Å²) >= 11 is 5.63. The summed E-state index contributed by atoms with van der Waals surface area (Å²) < 4.78 is 53.2. The van der Waals surface area contributed by atoms with E-state index in [0.29, 0.717) is 29.5 Å². The lowest BCUT2D eigenvalue weighted by atomic mass is 9.94. The van der Waals surface area contributed by atoms with Crippen LogP contribution in [0.4, 0.5) is 13.2 Å². The molecule has 3 aliphatic heterocycles. The lowest BCUT2D eigenvalue weighted by Crippen LogP contribution is -2.38. The van der Waals surface area contributed by atoms with Crippen LogP contribution in [0.3, 0.4) is 0 Å². The molecular formula is C18H17ClF3IN4O2. The maximum absolute atomic E-state index is 12.6. The zero-order valence-corrected chi connectivity index (χ0v) is 18.6. The predicted octanol–water partition coefficient (Wildman–Crippen LogP) is 4.43. The van der Waals surface area contributed by atoms with Crippen LogP contribution in [0.25, 0.3) is 0 Å². The van der Waals surface area contributed by atoms with Crippen molar-refractivity contribution in [3.63, 3.8) is 0 Å². The third kappa shape index (κ3) is 4.09. The Morgan fingerprint density at radius 2 is 2.07 bits per heavy atom. The Morgan fingerprint density at radius 1 is 1.31 bits per heavy atom. The summed E-state index contributed by atoms with van der Waals surface area (Å²) in [6.07, 6.45) is -4.77. The first kappa shape index (κ1) is 20.5. The van der Waals surface area contributed by atoms with E-state index in [4.69, 9.17) is 16.3 Å². The molecule has 1 aromatic rings. The molecule has 3 heterocycles. The molecule has 0 aliphatic carbocycles. The van der Waals surface area contributed by atoms with Gasteiger partial charge in [0.1, 0.15) is 11.4 Å². The molecule has 0 aromatic heterocycles. The van der Waals surface area contributed by atoms with E-state index in [2.05, 4.69) is 26.9 Å². The molecule has 6 nitrogen and oxygen atoms in total. The molecule has 0 saturated carbocycles. The monoisotopic (exact) mass is 540 g/mol. The van der Waals surface area contributed by atoms with Crippen molar-refractivity contribution in [2.75, 3.05) is 20.2 Å². The van der Waals surface area contributed by atoms with Gasteiger partial charge in [0.15, 0.2) is 20.4 Å². The second-order valence-electron chi connectivity index (χ2n) is 7.55. The first-order valence-electron chi connectivity index (χ1n) is 8.62. The molecule has 0 N–H and O–H groups in total. The van der Waals surface area contributed by atoms with E-state index >= 15 is 0 Å². The number of hydrogen-bond acceptors (Lipinski definition) is 6. The van der Waals surface area contributed by atoms with Crippen molar-refractivity contribution in [2.45, 2.75) is 20.2 Å². The number of alkyl halides is 3. The minimum atomic E-state index is -4.77. The molecule has 0 spiro atoms. The van der Waals surface area contributed by atoms with Crippen molar-refractivity contribution in [3.8, 4) is 5.75 Å². The molecule has 0 bridgehead atoms. The van der Waals surface area contributed by atoms with Gasteiger partial charge in [0.25, 0.3) is 0 Å². The zero-order chi connectivity index (χ0) is 21.0. The first-order chi connectivity index (χ1) is 13.5. The van der Waals surface area contributed by atoms with Gasteiger partial charge in [-0.2, -0.15) is 8.31 Å². The molecule has 11 heteroatoms. The van der Waals surface area contributed by atoms with E-state index < -0.39 is 27.4 Å². The van der Waals surface area contributed by atoms with Gasteiger partial charge in [0.2, 0.25) is 0 Å². The van der Waals surface area contributed by atoms with Crippen molar-refractivity contribution in [1.82, 2.24) is 9.91 Å². The molecule has 0 saturated heterocycles. The Morgan fingerprint density at radius 3 is 2.79 bits per heavy atom. The smallest absolute Gasteiger partial charge is 0.488 e. The Hall–Kier alpha value is -1.82. The van der Waals surface area contributed by atoms with E-state index in [1.807, 2.05) is 11.9 Å². The lowest BCUT2D eigenvalue weighted by Gasteiger charge is -2.30. The van der Waals surface area contributed by atoms with Gasteiger partial charge in [-0.1, -0.05) is 37.6 Å². The summed E-state index contributed by atoms with van der Waals surface area (Å²) in [4.78, 5) is 2.03. The Kier molecular flexibility index (Phi) is 5.04. The second kappa shape index (κ2) is 7.15. The van der Waals surface area contributed by atoms with Crippen molar-refractivity contribution in [3.05, 3.63) is 41.3 Å². The largest absolute Gasteiger partial charge is 0.573 e. The van der Waals surface area contributed by atoms with Crippen LogP contribution in [0.2, 0.25) is 0 Å². The standard InChI is InChI=1S/C18H17ClF3IN4O2/c1-17(2)8-26(3)12-13(28-9-17)15-23-24-16(27(15)25-14(12)19)10-5-4-6-11(7-10)29-18(20,21)22/h4-7H,8-9H2,1-3H3. The maximum atomic E-state index is 12.6. The van der Waals surface area contributed by atoms with Crippen LogP contribution < -0.4 is 4.74 Å². The fraction of sp³-hybridized carbons (Fsp3) is 0.389. The van der Waals surface area contributed by atoms with E-state index in [1.54, 1.807) is 11.1 Å². The quantitative estimate of drug-likeness (QED) is 0.521. The average Bonchev–Trinajstić information content (AvgIpc) is 2.95. The fourth-order valence-electron chi connectivity index (χ4n) is 3.29. The van der Waals surface area contributed by atoms with Crippen LogP contribution in [-0.4, -0.2) is 51.1 Å². The molecule has 4 rings (SSSR count). The van der Waals surface area contributed by atoms with Crippen LogP contribution in [0.5, 0.6) is 5.75 Å². The Balaban J connectivity index is 1.66. The second-order valence-corrected chi connectivity index (χ2v) is 9.89. The normalized spacial score (nSPS) is 21.1. The van der Waals surface area contributed by atoms with E-state index in [1.165, 1.54) is 18.2 Å². The van der Waals surface area contributed by atoms with Gasteiger partial charge < -0.3 is 14.4 Å². The van der Waals surface area contributed by atoms with Gasteiger partial charge >= 0.3 is 6.36 Å². The third-order valence-corrected chi connectivity index (χ3v) is 6.71. The van der Waals surface area contributed by atoms with Crippen LogP contribution in [0, 0.1) is 5.41 Å². The number of ether oxygens (including phenoxy) is 2. The number of halogens is 5. The number of hydrazone groups is 1. The van der Waals surface area contributed by atoms with Crippen LogP contribution in [-0.2, 0) is 4.74 Å². The van der Waals surface area contributed by atoms with Crippen LogP contribution >= 0.6 is 32.6 Å². The number of rotatable bonds is 2. The summed E-state index contributed by atoms with van der Waals surface area (Å²) in [7, 11) is 1.94. The van der Waals surface area contributed by atoms with Crippen molar-refractivity contribution in [1.29, 1.82) is 0 Å². The van der Waals surface area contributed by atoms with Gasteiger partial charge in [-0.15, -0.1) is 13.2 Å². The van der Waals surface area contributed by atoms with Crippen molar-refractivity contribution >= 4 is 47.2 Å². The molecule has 0 radical (unpaired) electrons. The molecule has 0 fully saturated rings. The maximum Gasteiger partial charge on any atom is 0.573 e. The number of allylic oxidation sites excluding steroid dienone is 1. The zero-order valence-electron chi connectivity index (χ0n) is 15.7. The summed E-state index contributed by atoms with van der Waals surface area (Å²) in [5.41, 5.74) is 1.09. The topological polar surface area (TPSA) is 49.7 Å². The average molecular weight is 541 g/mol. The molecule has 3 aliphatic rings. The summed E-state index contributed by atoms with van der Waals surface area (Å²) in [6.45, 7) is 5.46. The highest BCUT2D eigenvalue weighted by Crippen LogP contribution is 2.37. The highest BCUT2D eigenvalue weighted by Gasteiger charge is 2.40. The van der Waals surface area contributed by atoms with Gasteiger partial charge in [0, 0.05) is 24.6 Å². The molecular weight excluding hydrogens is 524 g/mol. The highest BCUT2D eigenvalue weighted by atomic mass is 127. The number of nitrogens with zero attached hydrogens (tertiary/aromatic N) is 4. The minimum Gasteiger partial charge on any atom is -0.488 e. The molecule has 0 atom stereocenters. The summed E-state index contributed by atoms with van der Waals surface area (Å²) in [6, 6.07) is 5.67. The predicted molar refractivity (Wildman–Crippen MR) is 113 cm³/mol. The summed E-state index contributed by atoms with van der Waals surface area (Å²) in [5.74, 6) is 0.760. The SMILES string of the molecule is CN1CC(C)(C)COC2=C1C(Cl)=NN1C(c3cccc(OC(F)(F)F)c3)=NI=C21. The Labute approximate surface area is 180 Å². The fourth-order valence-corrected chi connectivity index (χ4v) is 5.71. The van der Waals surface area contributed by atoms with E-state index in [-0.39, 0.29) is 16.3 Å².